The van der Waals surface area contributed by atoms with Crippen molar-refractivity contribution >= 4 is 12.5 Å². The number of nitrogens with zero attached hydrogens (tertiary/aromatic N) is 4. The Morgan fingerprint density at radius 3 is 3.00 bits per heavy atom. The van der Waals surface area contributed by atoms with Crippen LogP contribution in [0.2, 0.25) is 0 Å². The molecule has 0 atom stereocenters. The van der Waals surface area contributed by atoms with Gasteiger partial charge in [0.1, 0.15) is 0 Å². The molecule has 2 aromatic rings. The molecule has 0 saturated heterocycles. The van der Waals surface area contributed by atoms with Gasteiger partial charge in [-0.2, -0.15) is 5.10 Å². The van der Waals surface area contributed by atoms with Gasteiger partial charge in [-0.3, -0.25) is 9.78 Å². The molecule has 0 bridgehead atoms. The molecule has 0 spiro atoms. The van der Waals surface area contributed by atoms with E-state index in [0.29, 0.717) is 18.5 Å². The molecule has 0 amide bonds. The third-order valence-corrected chi connectivity index (χ3v) is 2.99. The van der Waals surface area contributed by atoms with Crippen molar-refractivity contribution in [3.8, 4) is 5.69 Å². The molecule has 0 saturated carbocycles. The summed E-state index contributed by atoms with van der Waals surface area (Å²) in [7, 11) is 1.93. The maximum Gasteiger partial charge on any atom is 0.153 e. The minimum absolute atomic E-state index is 0.595. The zero-order valence-electron chi connectivity index (χ0n) is 11.4. The van der Waals surface area contributed by atoms with Gasteiger partial charge in [-0.15, -0.1) is 0 Å². The van der Waals surface area contributed by atoms with Gasteiger partial charge < -0.3 is 10.3 Å². The van der Waals surface area contributed by atoms with Crippen LogP contribution < -0.4 is 0 Å². The van der Waals surface area contributed by atoms with Crippen LogP contribution in [-0.4, -0.2) is 52.3 Å². The summed E-state index contributed by atoms with van der Waals surface area (Å²) in [5.41, 5.74) is 2.19. The zero-order chi connectivity index (χ0) is 14.4. The summed E-state index contributed by atoms with van der Waals surface area (Å²) in [6.07, 6.45) is 7.97. The van der Waals surface area contributed by atoms with E-state index in [0.717, 1.165) is 24.2 Å². The van der Waals surface area contributed by atoms with Gasteiger partial charge in [0.2, 0.25) is 0 Å². The third-order valence-electron chi connectivity index (χ3n) is 2.99. The Labute approximate surface area is 117 Å². The molecule has 6 nitrogen and oxygen atoms in total. The number of rotatable bonds is 7. The number of carbonyl (C=O) groups excluding carboxylic acids is 1. The van der Waals surface area contributed by atoms with Crippen molar-refractivity contribution in [2.75, 3.05) is 20.1 Å². The number of hydrogen-bond acceptors (Lipinski definition) is 5. The molecule has 2 rings (SSSR count). The van der Waals surface area contributed by atoms with Crippen molar-refractivity contribution in [3.63, 3.8) is 0 Å². The lowest BCUT2D eigenvalue weighted by molar-refractivity contribution is 0.112. The highest BCUT2D eigenvalue weighted by atomic mass is 16.1. The SMILES string of the molecule is CN(CC=N)CCc1nn(-c2cccnc2)cc1C=O. The second kappa shape index (κ2) is 6.72. The molecule has 0 aliphatic carbocycles. The Kier molecular flexibility index (Phi) is 4.73. The van der Waals surface area contributed by atoms with Gasteiger partial charge in [0.25, 0.3) is 0 Å². The van der Waals surface area contributed by atoms with E-state index < -0.39 is 0 Å². The van der Waals surface area contributed by atoms with Crippen LogP contribution in [0.5, 0.6) is 0 Å². The summed E-state index contributed by atoms with van der Waals surface area (Å²) in [6, 6.07) is 3.72. The maximum absolute atomic E-state index is 11.1. The Bertz CT molecular complexity index is 579. The van der Waals surface area contributed by atoms with E-state index >= 15 is 0 Å². The highest BCUT2D eigenvalue weighted by molar-refractivity contribution is 5.76. The fourth-order valence-electron chi connectivity index (χ4n) is 1.88. The van der Waals surface area contributed by atoms with Gasteiger partial charge in [-0.25, -0.2) is 4.68 Å². The summed E-state index contributed by atoms with van der Waals surface area (Å²) in [5, 5.41) is 11.5. The van der Waals surface area contributed by atoms with Crippen LogP contribution in [0.4, 0.5) is 0 Å². The van der Waals surface area contributed by atoms with Crippen LogP contribution in [0.3, 0.4) is 0 Å². The predicted octanol–water partition coefficient (Wildman–Crippen LogP) is 1.20. The smallest absolute Gasteiger partial charge is 0.153 e. The topological polar surface area (TPSA) is 74.9 Å². The highest BCUT2D eigenvalue weighted by Gasteiger charge is 2.10. The first-order chi connectivity index (χ1) is 9.74. The van der Waals surface area contributed by atoms with Crippen molar-refractivity contribution in [2.24, 2.45) is 0 Å². The van der Waals surface area contributed by atoms with Gasteiger partial charge in [0, 0.05) is 38.1 Å². The summed E-state index contributed by atoms with van der Waals surface area (Å²) in [6.45, 7) is 1.35. The second-order valence-electron chi connectivity index (χ2n) is 4.52. The predicted molar refractivity (Wildman–Crippen MR) is 76.7 cm³/mol. The number of nitrogens with one attached hydrogen (secondary N) is 1. The summed E-state index contributed by atoms with van der Waals surface area (Å²) in [5.74, 6) is 0. The zero-order valence-corrected chi connectivity index (χ0v) is 11.4. The molecule has 0 aromatic carbocycles. The lowest BCUT2D eigenvalue weighted by Gasteiger charge is -2.12. The minimum atomic E-state index is 0.595. The Hall–Kier alpha value is -2.34. The quantitative estimate of drug-likeness (QED) is 0.606. The van der Waals surface area contributed by atoms with Gasteiger partial charge in [-0.05, 0) is 19.2 Å². The molecule has 104 valence electrons. The summed E-state index contributed by atoms with van der Waals surface area (Å²) in [4.78, 5) is 17.2. The van der Waals surface area contributed by atoms with Crippen molar-refractivity contribution in [1.29, 1.82) is 5.41 Å². The molecule has 1 N–H and O–H groups in total. The van der Waals surface area contributed by atoms with E-state index in [1.54, 1.807) is 23.3 Å². The average molecular weight is 271 g/mol. The van der Waals surface area contributed by atoms with Crippen molar-refractivity contribution in [2.45, 2.75) is 6.42 Å². The molecule has 20 heavy (non-hydrogen) atoms. The molecule has 0 aliphatic rings. The standard InChI is InChI=1S/C14H17N5O/c1-18(8-5-15)7-4-14-12(11-20)10-19(17-14)13-3-2-6-16-9-13/h2-3,5-6,9-11,15H,4,7-8H2,1H3. The van der Waals surface area contributed by atoms with Crippen LogP contribution in [-0.2, 0) is 6.42 Å². The third kappa shape index (κ3) is 3.36. The molecule has 0 aliphatic heterocycles. The van der Waals surface area contributed by atoms with Crippen LogP contribution in [0.1, 0.15) is 16.1 Å². The maximum atomic E-state index is 11.1. The van der Waals surface area contributed by atoms with Crippen LogP contribution in [0.25, 0.3) is 5.69 Å². The summed E-state index contributed by atoms with van der Waals surface area (Å²) < 4.78 is 1.67. The van der Waals surface area contributed by atoms with E-state index in [1.807, 2.05) is 24.1 Å². The molecule has 2 aromatic heterocycles. The number of pyridine rings is 1. The monoisotopic (exact) mass is 271 g/mol. The molecule has 6 heteroatoms. The number of aldehydes is 1. The molecule has 0 fully saturated rings. The number of likely N-dealkylation sites (N-methyl/N-ethyl adjacent to an activating group) is 1. The number of aromatic nitrogens is 3. The van der Waals surface area contributed by atoms with Gasteiger partial charge in [0.05, 0.1) is 23.1 Å². The minimum Gasteiger partial charge on any atom is -0.312 e. The molecular formula is C14H17N5O. The Morgan fingerprint density at radius 1 is 1.50 bits per heavy atom. The van der Waals surface area contributed by atoms with Crippen LogP contribution >= 0.6 is 0 Å². The van der Waals surface area contributed by atoms with E-state index in [-0.39, 0.29) is 0 Å². The lowest BCUT2D eigenvalue weighted by Crippen LogP contribution is -2.23. The molecule has 0 unspecified atom stereocenters. The van der Waals surface area contributed by atoms with Crippen molar-refractivity contribution < 1.29 is 4.79 Å². The van der Waals surface area contributed by atoms with E-state index in [4.69, 9.17) is 5.41 Å². The van der Waals surface area contributed by atoms with Gasteiger partial charge in [0.15, 0.2) is 6.29 Å². The number of hydrogen-bond donors (Lipinski definition) is 1. The number of carbonyl (C=O) groups is 1. The summed E-state index contributed by atoms with van der Waals surface area (Å²) >= 11 is 0. The normalized spacial score (nSPS) is 10.7. The first-order valence-electron chi connectivity index (χ1n) is 6.36. The Morgan fingerprint density at radius 2 is 2.35 bits per heavy atom. The van der Waals surface area contributed by atoms with Crippen LogP contribution in [0, 0.1) is 5.41 Å². The first kappa shape index (κ1) is 14.1. The fourth-order valence-corrected chi connectivity index (χ4v) is 1.88. The lowest BCUT2D eigenvalue weighted by atomic mass is 10.2. The Balaban J connectivity index is 2.15. The van der Waals surface area contributed by atoms with E-state index in [2.05, 4.69) is 10.1 Å². The van der Waals surface area contributed by atoms with E-state index in [1.165, 1.54) is 6.21 Å². The van der Waals surface area contributed by atoms with Crippen LogP contribution in [0.15, 0.2) is 30.7 Å². The highest BCUT2D eigenvalue weighted by Crippen LogP contribution is 2.11. The molecular weight excluding hydrogens is 254 g/mol. The van der Waals surface area contributed by atoms with Gasteiger partial charge in [-0.1, -0.05) is 0 Å². The largest absolute Gasteiger partial charge is 0.312 e. The second-order valence-corrected chi connectivity index (χ2v) is 4.52. The van der Waals surface area contributed by atoms with Crippen molar-refractivity contribution in [3.05, 3.63) is 42.0 Å². The van der Waals surface area contributed by atoms with E-state index in [9.17, 15) is 4.79 Å². The van der Waals surface area contributed by atoms with Crippen molar-refractivity contribution in [1.82, 2.24) is 19.7 Å². The fraction of sp³-hybridized carbons (Fsp3) is 0.286. The molecule has 2 heterocycles. The van der Waals surface area contributed by atoms with Gasteiger partial charge >= 0.3 is 0 Å². The first-order valence-corrected chi connectivity index (χ1v) is 6.36. The molecule has 0 radical (unpaired) electrons. The average Bonchev–Trinajstić information content (AvgIpc) is 2.90.